The molecule has 1 atom stereocenters. The Bertz CT molecular complexity index is 259. The number of nitrogens with one attached hydrogen (secondary N) is 1. The van der Waals surface area contributed by atoms with Crippen molar-refractivity contribution < 1.29 is 19.1 Å². The largest absolute Gasteiger partial charge is 0.426 e. The van der Waals surface area contributed by atoms with Crippen LogP contribution in [0.15, 0.2) is 11.8 Å². The van der Waals surface area contributed by atoms with E-state index in [9.17, 15) is 9.59 Å². The Morgan fingerprint density at radius 3 is 3.00 bits per heavy atom. The summed E-state index contributed by atoms with van der Waals surface area (Å²) in [6.45, 7) is 3.54. The Morgan fingerprint density at radius 2 is 2.46 bits per heavy atom. The molecule has 5 heteroatoms. The maximum Gasteiger partial charge on any atom is 0.335 e. The second kappa shape index (κ2) is 4.04. The smallest absolute Gasteiger partial charge is 0.335 e. The van der Waals surface area contributed by atoms with Crippen LogP contribution in [0.5, 0.6) is 0 Å². The quantitative estimate of drug-likeness (QED) is 0.625. The van der Waals surface area contributed by atoms with Crippen molar-refractivity contribution in [3.63, 3.8) is 0 Å². The molecule has 0 spiro atoms. The summed E-state index contributed by atoms with van der Waals surface area (Å²) in [4.78, 5) is 21.5. The van der Waals surface area contributed by atoms with Crippen molar-refractivity contribution in [1.29, 1.82) is 0 Å². The fourth-order valence-corrected chi connectivity index (χ4v) is 0.971. The summed E-state index contributed by atoms with van der Waals surface area (Å²) < 4.78 is 9.81. The summed E-state index contributed by atoms with van der Waals surface area (Å²) in [5, 5.41) is 2.46. The van der Waals surface area contributed by atoms with E-state index in [4.69, 9.17) is 9.47 Å². The van der Waals surface area contributed by atoms with E-state index in [-0.39, 0.29) is 5.91 Å². The molecule has 0 radical (unpaired) electrons. The van der Waals surface area contributed by atoms with Crippen LogP contribution in [-0.4, -0.2) is 24.8 Å². The summed E-state index contributed by atoms with van der Waals surface area (Å²) in [5.74, 6) is -0.753. The highest BCUT2D eigenvalue weighted by Gasteiger charge is 2.26. The van der Waals surface area contributed by atoms with E-state index >= 15 is 0 Å². The lowest BCUT2D eigenvalue weighted by molar-refractivity contribution is -0.159. The molecule has 0 aromatic carbocycles. The van der Waals surface area contributed by atoms with E-state index in [1.54, 1.807) is 6.92 Å². The lowest BCUT2D eigenvalue weighted by Crippen LogP contribution is -2.28. The van der Waals surface area contributed by atoms with Gasteiger partial charge in [-0.2, -0.15) is 0 Å². The monoisotopic (exact) mass is 185 g/mol. The third-order valence-corrected chi connectivity index (χ3v) is 1.39. The van der Waals surface area contributed by atoms with Crippen LogP contribution in [0.4, 0.5) is 0 Å². The zero-order chi connectivity index (χ0) is 9.84. The molecule has 72 valence electrons. The van der Waals surface area contributed by atoms with Gasteiger partial charge in [-0.1, -0.05) is 0 Å². The molecule has 0 saturated heterocycles. The van der Waals surface area contributed by atoms with Gasteiger partial charge in [-0.05, 0) is 6.92 Å². The number of hydrogen-bond donors (Lipinski definition) is 1. The topological polar surface area (TPSA) is 64.6 Å². The molecule has 1 heterocycles. The Hall–Kier alpha value is -1.36. The molecule has 0 aromatic heterocycles. The first kappa shape index (κ1) is 9.73. The van der Waals surface area contributed by atoms with Gasteiger partial charge in [-0.3, -0.25) is 4.79 Å². The van der Waals surface area contributed by atoms with Crippen molar-refractivity contribution in [2.24, 2.45) is 0 Å². The van der Waals surface area contributed by atoms with Gasteiger partial charge < -0.3 is 14.8 Å². The van der Waals surface area contributed by atoms with Gasteiger partial charge in [0.05, 0.1) is 5.70 Å². The van der Waals surface area contributed by atoms with Gasteiger partial charge >= 0.3 is 5.97 Å². The van der Waals surface area contributed by atoms with E-state index in [1.807, 2.05) is 0 Å². The van der Waals surface area contributed by atoms with Crippen LogP contribution in [0.1, 0.15) is 13.8 Å². The van der Waals surface area contributed by atoms with Gasteiger partial charge in [0.2, 0.25) is 12.2 Å². The second-order valence-electron chi connectivity index (χ2n) is 2.51. The third kappa shape index (κ3) is 2.55. The van der Waals surface area contributed by atoms with Gasteiger partial charge in [-0.25, -0.2) is 4.79 Å². The maximum atomic E-state index is 10.8. The van der Waals surface area contributed by atoms with Crippen LogP contribution in [0, 0.1) is 0 Å². The fourth-order valence-electron chi connectivity index (χ4n) is 0.971. The molecule has 1 unspecified atom stereocenters. The maximum absolute atomic E-state index is 10.8. The minimum Gasteiger partial charge on any atom is -0.426 e. The van der Waals surface area contributed by atoms with Crippen molar-refractivity contribution in [2.45, 2.75) is 20.1 Å². The van der Waals surface area contributed by atoms with Crippen LogP contribution >= 0.6 is 0 Å². The van der Waals surface area contributed by atoms with Crippen molar-refractivity contribution in [2.75, 3.05) is 6.61 Å². The molecule has 0 saturated carbocycles. The number of cyclic esters (lactones) is 1. The van der Waals surface area contributed by atoms with Crippen molar-refractivity contribution in [1.82, 2.24) is 5.32 Å². The van der Waals surface area contributed by atoms with Crippen LogP contribution in [0.25, 0.3) is 0 Å². The molecule has 5 nitrogen and oxygen atoms in total. The van der Waals surface area contributed by atoms with E-state index in [0.717, 1.165) is 0 Å². The molecule has 1 aliphatic heterocycles. The third-order valence-electron chi connectivity index (χ3n) is 1.39. The molecule has 0 aromatic rings. The molecule has 1 amide bonds. The summed E-state index contributed by atoms with van der Waals surface area (Å²) in [6.07, 6.45) is 0.447. The highest BCUT2D eigenvalue weighted by Crippen LogP contribution is 2.13. The predicted molar refractivity (Wildman–Crippen MR) is 43.4 cm³/mol. The molecule has 13 heavy (non-hydrogen) atoms. The van der Waals surface area contributed by atoms with E-state index < -0.39 is 12.3 Å². The van der Waals surface area contributed by atoms with Crippen LogP contribution < -0.4 is 5.32 Å². The van der Waals surface area contributed by atoms with Crippen LogP contribution in [0.2, 0.25) is 0 Å². The van der Waals surface area contributed by atoms with Gasteiger partial charge in [0.25, 0.3) is 0 Å². The van der Waals surface area contributed by atoms with E-state index in [0.29, 0.717) is 12.3 Å². The van der Waals surface area contributed by atoms with Crippen molar-refractivity contribution in [3.8, 4) is 0 Å². The molecule has 1 rings (SSSR count). The first-order chi connectivity index (χ1) is 6.13. The van der Waals surface area contributed by atoms with E-state index in [2.05, 4.69) is 5.32 Å². The lowest BCUT2D eigenvalue weighted by atomic mass is 10.4. The highest BCUT2D eigenvalue weighted by molar-refractivity contribution is 5.87. The first-order valence-corrected chi connectivity index (χ1v) is 3.95. The minimum absolute atomic E-state index is 0.255. The molecule has 1 N–H and O–H groups in total. The van der Waals surface area contributed by atoms with Gasteiger partial charge in [0.1, 0.15) is 0 Å². The summed E-state index contributed by atoms with van der Waals surface area (Å²) in [5.41, 5.74) is 0.361. The minimum atomic E-state index is -0.763. The average molecular weight is 185 g/mol. The number of carbonyl (C=O) groups excluding carboxylic acids is 2. The molecule has 1 aliphatic rings. The van der Waals surface area contributed by atoms with Gasteiger partial charge in [-0.15, -0.1) is 0 Å². The lowest BCUT2D eigenvalue weighted by Gasteiger charge is -2.13. The summed E-state index contributed by atoms with van der Waals surface area (Å²) >= 11 is 0. The normalized spacial score (nSPS) is 20.9. The Morgan fingerprint density at radius 1 is 1.77 bits per heavy atom. The zero-order valence-corrected chi connectivity index (χ0v) is 7.49. The summed E-state index contributed by atoms with van der Waals surface area (Å²) in [7, 11) is 0. The fraction of sp³-hybridized carbons (Fsp3) is 0.500. The predicted octanol–water partition coefficient (Wildman–Crippen LogP) is -0.0742. The number of hydrogen-bond acceptors (Lipinski definition) is 4. The number of carbonyl (C=O) groups is 2. The van der Waals surface area contributed by atoms with Crippen molar-refractivity contribution in [3.05, 3.63) is 11.8 Å². The number of ether oxygens (including phenoxy) is 2. The molecule has 0 fully saturated rings. The molecule has 0 aliphatic carbocycles. The molecular weight excluding hydrogens is 174 g/mol. The average Bonchev–Trinajstić information content (AvgIpc) is 2.31. The number of esters is 1. The van der Waals surface area contributed by atoms with Crippen LogP contribution in [0.3, 0.4) is 0 Å². The first-order valence-electron chi connectivity index (χ1n) is 3.95. The van der Waals surface area contributed by atoms with Gasteiger partial charge in [0, 0.05) is 19.6 Å². The van der Waals surface area contributed by atoms with Crippen LogP contribution in [-0.2, 0) is 19.1 Å². The zero-order valence-electron chi connectivity index (χ0n) is 7.49. The number of rotatable bonds is 3. The standard InChI is InChI=1S/C8H11NO4/c1-3-12-8-6(9-5(2)10)4-7(11)13-8/h4,8H,3H2,1-2H3,(H,9,10). The molecule has 0 bridgehead atoms. The molecular formula is C8H11NO4. The summed E-state index contributed by atoms with van der Waals surface area (Å²) in [6, 6.07) is 0. The Kier molecular flexibility index (Phi) is 3.02. The SMILES string of the molecule is CCOC1OC(=O)C=C1NC(C)=O. The van der Waals surface area contributed by atoms with Gasteiger partial charge in [0.15, 0.2) is 0 Å². The highest BCUT2D eigenvalue weighted by atomic mass is 16.7. The number of amides is 1. The Labute approximate surface area is 75.7 Å². The Balaban J connectivity index is 2.61. The van der Waals surface area contributed by atoms with Crippen molar-refractivity contribution >= 4 is 11.9 Å². The van der Waals surface area contributed by atoms with E-state index in [1.165, 1.54) is 13.0 Å². The second-order valence-corrected chi connectivity index (χ2v) is 2.51.